The fourth-order valence-corrected chi connectivity index (χ4v) is 5.41. The molecule has 0 radical (unpaired) electrons. The van der Waals surface area contributed by atoms with E-state index in [9.17, 15) is 14.7 Å². The van der Waals surface area contributed by atoms with Crippen molar-refractivity contribution in [1.29, 1.82) is 0 Å². The summed E-state index contributed by atoms with van der Waals surface area (Å²) in [6, 6.07) is 11.8. The summed E-state index contributed by atoms with van der Waals surface area (Å²) in [5, 5.41) is 11.5. The molecule has 9 heteroatoms. The highest BCUT2D eigenvalue weighted by Gasteiger charge is 2.46. The third kappa shape index (κ3) is 6.26. The Morgan fingerprint density at radius 3 is 2.55 bits per heavy atom. The number of Topliss-reactive ketones (excluding diaryl/α,β-unsaturated/α-hetero) is 1. The standard InChI is InChI=1S/C31H38N2O7/c1-2-3-4-15-38-24-8-5-7-22(20-24)28-27(29(34)23-9-10-25-26(21-23)40-19-18-39-25)30(35)31(36)33(28)12-6-11-32-13-16-37-17-14-32/h5,7-10,20-21,28,34H,2-4,6,11-19H2,1H3. The summed E-state index contributed by atoms with van der Waals surface area (Å²) < 4.78 is 22.7. The van der Waals surface area contributed by atoms with Crippen molar-refractivity contribution >= 4 is 17.4 Å². The van der Waals surface area contributed by atoms with Crippen LogP contribution in [0.5, 0.6) is 17.2 Å². The Morgan fingerprint density at radius 2 is 1.75 bits per heavy atom. The van der Waals surface area contributed by atoms with Crippen LogP contribution in [-0.2, 0) is 14.3 Å². The lowest BCUT2D eigenvalue weighted by Gasteiger charge is -2.29. The number of likely N-dealkylation sites (tertiary alicyclic amines) is 1. The molecular formula is C31H38N2O7. The monoisotopic (exact) mass is 550 g/mol. The molecule has 2 aromatic carbocycles. The molecule has 1 amide bonds. The van der Waals surface area contributed by atoms with Gasteiger partial charge in [0.1, 0.15) is 24.7 Å². The first-order valence-corrected chi connectivity index (χ1v) is 14.3. The molecule has 9 nitrogen and oxygen atoms in total. The van der Waals surface area contributed by atoms with Crippen LogP contribution in [-0.4, -0.2) is 85.8 Å². The largest absolute Gasteiger partial charge is 0.507 e. The number of carbonyl (C=O) groups is 2. The van der Waals surface area contributed by atoms with Crippen LogP contribution < -0.4 is 14.2 Å². The lowest BCUT2D eigenvalue weighted by Crippen LogP contribution is -2.38. The van der Waals surface area contributed by atoms with Crippen LogP contribution in [0.15, 0.2) is 48.0 Å². The van der Waals surface area contributed by atoms with Gasteiger partial charge in [-0.15, -0.1) is 0 Å². The number of nitrogens with zero attached hydrogens (tertiary/aromatic N) is 2. The number of fused-ring (bicyclic) bond motifs is 1. The van der Waals surface area contributed by atoms with Crippen LogP contribution in [0.4, 0.5) is 0 Å². The summed E-state index contributed by atoms with van der Waals surface area (Å²) in [7, 11) is 0. The normalized spacial score (nSPS) is 20.6. The van der Waals surface area contributed by atoms with Crippen molar-refractivity contribution in [2.45, 2.75) is 38.6 Å². The minimum Gasteiger partial charge on any atom is -0.507 e. The molecule has 0 bridgehead atoms. The third-order valence-corrected chi connectivity index (χ3v) is 7.52. The van der Waals surface area contributed by atoms with Gasteiger partial charge < -0.3 is 29.0 Å². The van der Waals surface area contributed by atoms with Crippen molar-refractivity contribution < 1.29 is 33.6 Å². The van der Waals surface area contributed by atoms with Crippen molar-refractivity contribution in [1.82, 2.24) is 9.80 Å². The van der Waals surface area contributed by atoms with Crippen LogP contribution in [0.1, 0.15) is 49.8 Å². The Balaban J connectivity index is 1.46. The summed E-state index contributed by atoms with van der Waals surface area (Å²) in [5.74, 6) is 0.209. The quantitative estimate of drug-likeness (QED) is 0.193. The molecule has 214 valence electrons. The van der Waals surface area contributed by atoms with E-state index in [1.165, 1.54) is 0 Å². The SMILES string of the molecule is CCCCCOc1cccc(C2C(=C(O)c3ccc4c(c3)OCCO4)C(=O)C(=O)N2CCCN2CCOCC2)c1. The zero-order chi connectivity index (χ0) is 27.9. The topological polar surface area (TPSA) is 97.8 Å². The second-order valence-electron chi connectivity index (χ2n) is 10.3. The van der Waals surface area contributed by atoms with E-state index < -0.39 is 17.7 Å². The smallest absolute Gasteiger partial charge is 0.295 e. The van der Waals surface area contributed by atoms with Gasteiger partial charge in [-0.1, -0.05) is 31.9 Å². The number of ketones is 1. The minimum atomic E-state index is -0.739. The van der Waals surface area contributed by atoms with Gasteiger partial charge in [0.15, 0.2) is 11.5 Å². The predicted molar refractivity (Wildman–Crippen MR) is 150 cm³/mol. The molecule has 0 aromatic heterocycles. The molecule has 2 fully saturated rings. The lowest BCUT2D eigenvalue weighted by atomic mass is 9.95. The zero-order valence-electron chi connectivity index (χ0n) is 23.1. The molecule has 3 aliphatic heterocycles. The van der Waals surface area contributed by atoms with Gasteiger partial charge in [0.2, 0.25) is 0 Å². The van der Waals surface area contributed by atoms with Crippen molar-refractivity contribution in [3.05, 3.63) is 59.2 Å². The molecule has 5 rings (SSSR count). The van der Waals surface area contributed by atoms with E-state index in [0.29, 0.717) is 68.8 Å². The van der Waals surface area contributed by atoms with Crippen molar-refractivity contribution in [3.8, 4) is 17.2 Å². The summed E-state index contributed by atoms with van der Waals surface area (Å²) in [4.78, 5) is 30.8. The van der Waals surface area contributed by atoms with E-state index in [2.05, 4.69) is 11.8 Å². The first-order chi connectivity index (χ1) is 19.6. The number of hydrogen-bond donors (Lipinski definition) is 1. The van der Waals surface area contributed by atoms with Gasteiger partial charge in [-0.05, 0) is 48.7 Å². The molecule has 1 N–H and O–H groups in total. The molecule has 3 aliphatic rings. The number of benzene rings is 2. The van der Waals surface area contributed by atoms with Gasteiger partial charge in [-0.2, -0.15) is 0 Å². The second-order valence-corrected chi connectivity index (χ2v) is 10.3. The van der Waals surface area contributed by atoms with Gasteiger partial charge in [0.05, 0.1) is 31.4 Å². The highest BCUT2D eigenvalue weighted by Crippen LogP contribution is 2.41. The highest BCUT2D eigenvalue weighted by atomic mass is 16.6. The van der Waals surface area contributed by atoms with Crippen molar-refractivity contribution in [2.24, 2.45) is 0 Å². The Bertz CT molecular complexity index is 1240. The first kappa shape index (κ1) is 28.0. The average molecular weight is 551 g/mol. The summed E-state index contributed by atoms with van der Waals surface area (Å²) in [6.07, 6.45) is 3.83. The minimum absolute atomic E-state index is 0.0659. The van der Waals surface area contributed by atoms with E-state index in [0.717, 1.165) is 44.5 Å². The summed E-state index contributed by atoms with van der Waals surface area (Å²) in [6.45, 7) is 7.86. The number of aliphatic hydroxyl groups excluding tert-OH is 1. The molecule has 0 saturated carbocycles. The maximum absolute atomic E-state index is 13.5. The van der Waals surface area contributed by atoms with Gasteiger partial charge in [-0.25, -0.2) is 0 Å². The fraction of sp³-hybridized carbons (Fsp3) is 0.484. The maximum atomic E-state index is 13.5. The molecule has 0 spiro atoms. The third-order valence-electron chi connectivity index (χ3n) is 7.52. The summed E-state index contributed by atoms with van der Waals surface area (Å²) >= 11 is 0. The Kier molecular flexibility index (Phi) is 9.23. The molecule has 2 aromatic rings. The average Bonchev–Trinajstić information content (AvgIpc) is 3.24. The fourth-order valence-electron chi connectivity index (χ4n) is 5.41. The summed E-state index contributed by atoms with van der Waals surface area (Å²) in [5.41, 5.74) is 1.18. The van der Waals surface area contributed by atoms with Gasteiger partial charge >= 0.3 is 0 Å². The first-order valence-electron chi connectivity index (χ1n) is 14.3. The number of amides is 1. The van der Waals surface area contributed by atoms with Crippen LogP contribution in [0.2, 0.25) is 0 Å². The van der Waals surface area contributed by atoms with Crippen LogP contribution >= 0.6 is 0 Å². The predicted octanol–water partition coefficient (Wildman–Crippen LogP) is 4.17. The Labute approximate surface area is 235 Å². The van der Waals surface area contributed by atoms with Crippen LogP contribution in [0, 0.1) is 0 Å². The maximum Gasteiger partial charge on any atom is 0.295 e. The van der Waals surface area contributed by atoms with Gasteiger partial charge in [0.25, 0.3) is 11.7 Å². The zero-order valence-corrected chi connectivity index (χ0v) is 23.1. The van der Waals surface area contributed by atoms with Crippen LogP contribution in [0.3, 0.4) is 0 Å². The number of ether oxygens (including phenoxy) is 4. The molecular weight excluding hydrogens is 512 g/mol. The van der Waals surface area contributed by atoms with E-state index in [1.54, 1.807) is 23.1 Å². The molecule has 1 atom stereocenters. The molecule has 1 unspecified atom stereocenters. The second kappa shape index (κ2) is 13.2. The molecule has 2 saturated heterocycles. The highest BCUT2D eigenvalue weighted by molar-refractivity contribution is 6.46. The van der Waals surface area contributed by atoms with E-state index in [1.807, 2.05) is 24.3 Å². The Morgan fingerprint density at radius 1 is 0.950 bits per heavy atom. The number of rotatable bonds is 11. The number of morpholine rings is 1. The van der Waals surface area contributed by atoms with Gasteiger partial charge in [0, 0.05) is 31.7 Å². The molecule has 40 heavy (non-hydrogen) atoms. The number of carbonyl (C=O) groups excluding carboxylic acids is 2. The van der Waals surface area contributed by atoms with E-state index >= 15 is 0 Å². The van der Waals surface area contributed by atoms with Crippen molar-refractivity contribution in [2.75, 3.05) is 59.2 Å². The number of hydrogen-bond acceptors (Lipinski definition) is 8. The molecule has 3 heterocycles. The van der Waals surface area contributed by atoms with E-state index in [-0.39, 0.29) is 11.3 Å². The van der Waals surface area contributed by atoms with Crippen molar-refractivity contribution in [3.63, 3.8) is 0 Å². The number of aliphatic hydroxyl groups is 1. The Hall–Kier alpha value is -3.56. The van der Waals surface area contributed by atoms with E-state index in [4.69, 9.17) is 18.9 Å². The van der Waals surface area contributed by atoms with Gasteiger partial charge in [-0.3, -0.25) is 14.5 Å². The lowest BCUT2D eigenvalue weighted by molar-refractivity contribution is -0.140. The molecule has 0 aliphatic carbocycles. The van der Waals surface area contributed by atoms with Crippen LogP contribution in [0.25, 0.3) is 5.76 Å². The number of unbranched alkanes of at least 4 members (excludes halogenated alkanes) is 2.